The Labute approximate surface area is 437 Å². The van der Waals surface area contributed by atoms with Gasteiger partial charge < -0.3 is 5.11 Å². The predicted octanol–water partition coefficient (Wildman–Crippen LogP) is 15.4. The lowest BCUT2D eigenvalue weighted by Gasteiger charge is -2.18. The Bertz CT molecular complexity index is 3300. The molecule has 70 heavy (non-hydrogen) atoms. The summed E-state index contributed by atoms with van der Waals surface area (Å²) in [6.07, 6.45) is 3.66. The number of aliphatic hydroxyl groups excluding tert-OH is 1. The maximum Gasteiger partial charge on any atom is 0.373 e. The fourth-order valence-electron chi connectivity index (χ4n) is 7.02. The van der Waals surface area contributed by atoms with Crippen LogP contribution in [0.5, 0.6) is 0 Å². The van der Waals surface area contributed by atoms with E-state index in [1.165, 1.54) is 40.2 Å². The number of thiazole rings is 5. The normalized spacial score (nSPS) is 11.7. The molecule has 360 valence electrons. The van der Waals surface area contributed by atoms with Gasteiger partial charge in [0, 0.05) is 5.33 Å². The molecule has 0 amide bonds. The number of nitriles is 2. The van der Waals surface area contributed by atoms with Gasteiger partial charge in [0.05, 0.1) is 106 Å². The Morgan fingerprint density at radius 3 is 1.34 bits per heavy atom. The second-order valence-corrected chi connectivity index (χ2v) is 23.1. The number of rotatable bonds is 8. The number of hydrogen-bond donors (Lipinski definition) is 1. The van der Waals surface area contributed by atoms with Gasteiger partial charge in [-0.25, -0.2) is 24.9 Å². The zero-order valence-corrected chi connectivity index (χ0v) is 46.0. The number of hydrogen-bond acceptors (Lipinski definition) is 15. The van der Waals surface area contributed by atoms with Gasteiger partial charge in [-0.2, -0.15) is 20.1 Å². The molecule has 16 heteroatoms. The molecular weight excluding hydrogens is 1030 g/mol. The summed E-state index contributed by atoms with van der Waals surface area (Å²) < 4.78 is 6.19. The summed E-state index contributed by atoms with van der Waals surface area (Å²) in [5.74, 6) is 0.122. The van der Waals surface area contributed by atoms with Gasteiger partial charge >= 0.3 is 6.15 Å². The van der Waals surface area contributed by atoms with Crippen LogP contribution in [0.2, 0.25) is 0 Å². The highest BCUT2D eigenvalue weighted by Gasteiger charge is 2.22. The highest BCUT2D eigenvalue weighted by molar-refractivity contribution is 9.08. The van der Waals surface area contributed by atoms with E-state index in [0.717, 1.165) is 89.2 Å². The highest BCUT2D eigenvalue weighted by Crippen LogP contribution is 2.30. The standard InChI is InChI=1S/C14H16N2S.C13H14N2S.C9H8BrNS.C9H9NOS.C8H7NS.CO2/c1-4-14(3,9-15)8-11-5-6-13-12(7-11)16-10(2)17-13;1-3-10(8-14)6-11-4-5-13-12(7-11)15-9(2)16-13;1-6-11-8-4-7(5-10)2-3-9(8)12-6;1-6-10-8-4-7(5-11)2-3-9(8)12-6;1-6-9-7-4-2-3-5-8(7)10-6;2-1-3/h5-7H,4,8H2,1-3H3;4-5,7,10H,3,6H2,1-2H3;2-4H,5H2,1H3;2-4,11H,5H2,1H3;2-5H,1H3;. The number of aryl methyl sites for hydroxylation is 5. The number of benzene rings is 5. The van der Waals surface area contributed by atoms with E-state index in [1.54, 1.807) is 56.7 Å². The number of alkyl halides is 1. The van der Waals surface area contributed by atoms with E-state index in [4.69, 9.17) is 20.0 Å². The van der Waals surface area contributed by atoms with Crippen molar-refractivity contribution in [2.45, 2.75) is 93.0 Å². The zero-order valence-electron chi connectivity index (χ0n) is 40.4. The lowest BCUT2D eigenvalue weighted by atomic mass is 9.83. The van der Waals surface area contributed by atoms with Gasteiger partial charge in [0.15, 0.2) is 0 Å². The molecule has 1 N–H and O–H groups in total. The molecule has 0 saturated carbocycles. The van der Waals surface area contributed by atoms with Crippen LogP contribution >= 0.6 is 72.6 Å². The van der Waals surface area contributed by atoms with Crippen molar-refractivity contribution in [1.82, 2.24) is 24.9 Å². The zero-order chi connectivity index (χ0) is 50.8. The van der Waals surface area contributed by atoms with E-state index in [2.05, 4.69) is 127 Å². The molecule has 5 aromatic carbocycles. The minimum Gasteiger partial charge on any atom is -0.392 e. The Kier molecular flexibility index (Phi) is 21.4. The number of carbonyl (C=O) groups excluding carboxylic acids is 2. The third-order valence-corrected chi connectivity index (χ3v) is 16.2. The van der Waals surface area contributed by atoms with Crippen molar-refractivity contribution >= 4 is 130 Å². The summed E-state index contributed by atoms with van der Waals surface area (Å²) in [6.45, 7) is 16.3. The van der Waals surface area contributed by atoms with E-state index < -0.39 is 0 Å². The van der Waals surface area contributed by atoms with Crippen LogP contribution in [-0.2, 0) is 34.4 Å². The molecule has 5 heterocycles. The van der Waals surface area contributed by atoms with Crippen molar-refractivity contribution in [3.8, 4) is 12.1 Å². The first-order valence-corrected chi connectivity index (χ1v) is 27.6. The summed E-state index contributed by atoms with van der Waals surface area (Å²) in [6, 6.07) is 37.9. The molecule has 0 saturated heterocycles. The Morgan fingerprint density at radius 1 is 0.571 bits per heavy atom. The van der Waals surface area contributed by atoms with Crippen molar-refractivity contribution in [3.63, 3.8) is 0 Å². The third kappa shape index (κ3) is 16.2. The average Bonchev–Trinajstić information content (AvgIpc) is 4.19. The maximum absolute atomic E-state index is 9.20. The monoisotopic (exact) mass is 1090 g/mol. The molecule has 0 aliphatic heterocycles. The molecule has 0 spiro atoms. The van der Waals surface area contributed by atoms with E-state index >= 15 is 0 Å². The minimum atomic E-state index is -0.265. The van der Waals surface area contributed by atoms with Crippen molar-refractivity contribution in [3.05, 3.63) is 144 Å². The number of nitrogens with zero attached hydrogens (tertiary/aromatic N) is 7. The van der Waals surface area contributed by atoms with Crippen LogP contribution in [0.25, 0.3) is 51.1 Å². The Morgan fingerprint density at radius 2 is 0.943 bits per heavy atom. The fourth-order valence-corrected chi connectivity index (χ4v) is 11.4. The lowest BCUT2D eigenvalue weighted by molar-refractivity contribution is -0.191. The van der Waals surface area contributed by atoms with Crippen LogP contribution in [0.1, 0.15) is 80.9 Å². The van der Waals surface area contributed by atoms with E-state index in [0.29, 0.717) is 0 Å². The van der Waals surface area contributed by atoms with E-state index in [1.807, 2.05) is 77.9 Å². The first-order valence-electron chi connectivity index (χ1n) is 22.4. The molecule has 2 unspecified atom stereocenters. The second kappa shape index (κ2) is 27.1. The molecule has 0 aliphatic carbocycles. The molecule has 10 aromatic rings. The van der Waals surface area contributed by atoms with Gasteiger partial charge in [0.1, 0.15) is 0 Å². The number of aromatic nitrogens is 5. The molecular formula is C54H54BrN7O3S5. The third-order valence-electron chi connectivity index (χ3n) is 10.8. The smallest absolute Gasteiger partial charge is 0.373 e. The summed E-state index contributed by atoms with van der Waals surface area (Å²) in [5.41, 5.74) is 9.71. The number of para-hydroxylation sites is 1. The number of halogens is 1. The first kappa shape index (κ1) is 55.3. The van der Waals surface area contributed by atoms with Gasteiger partial charge in [-0.1, -0.05) is 66.2 Å². The fraction of sp³-hybridized carbons (Fsp3) is 0.296. The van der Waals surface area contributed by atoms with Crippen molar-refractivity contribution in [2.24, 2.45) is 11.3 Å². The van der Waals surface area contributed by atoms with Crippen LogP contribution in [0.4, 0.5) is 0 Å². The molecule has 10 nitrogen and oxygen atoms in total. The summed E-state index contributed by atoms with van der Waals surface area (Å²) >= 11 is 12.0. The number of aliphatic hydroxyl groups is 1. The van der Waals surface area contributed by atoms with Gasteiger partial charge in [0.25, 0.3) is 0 Å². The average molecular weight is 1090 g/mol. The van der Waals surface area contributed by atoms with Crippen molar-refractivity contribution in [2.75, 3.05) is 0 Å². The van der Waals surface area contributed by atoms with Crippen molar-refractivity contribution < 1.29 is 14.7 Å². The SMILES string of the molecule is CCC(C#N)Cc1ccc2sc(C)nc2c1.CCC(C)(C#N)Cc1ccc2sc(C)nc2c1.Cc1nc2cc(CBr)ccc2s1.Cc1nc2cc(CO)ccc2s1.Cc1nc2ccccc2s1.O=C=O. The predicted molar refractivity (Wildman–Crippen MR) is 296 cm³/mol. The molecule has 0 radical (unpaired) electrons. The van der Waals surface area contributed by atoms with Gasteiger partial charge in [-0.05, 0) is 150 Å². The summed E-state index contributed by atoms with van der Waals surface area (Å²) in [7, 11) is 0. The number of fused-ring (bicyclic) bond motifs is 5. The Hall–Kier alpha value is -5.65. The Balaban J connectivity index is 0.000000162. The molecule has 10 rings (SSSR count). The summed E-state index contributed by atoms with van der Waals surface area (Å²) in [5, 5.41) is 33.5. The molecule has 5 aromatic heterocycles. The van der Waals surface area contributed by atoms with Crippen LogP contribution in [0.3, 0.4) is 0 Å². The summed E-state index contributed by atoms with van der Waals surface area (Å²) in [4.78, 5) is 38.3. The minimum absolute atomic E-state index is 0.0898. The molecule has 2 atom stereocenters. The van der Waals surface area contributed by atoms with Crippen molar-refractivity contribution in [1.29, 1.82) is 10.5 Å². The van der Waals surface area contributed by atoms with Crippen LogP contribution in [0.15, 0.2) is 97.1 Å². The van der Waals surface area contributed by atoms with Crippen LogP contribution < -0.4 is 0 Å². The highest BCUT2D eigenvalue weighted by atomic mass is 79.9. The van der Waals surface area contributed by atoms with Gasteiger partial charge in [-0.3, -0.25) is 0 Å². The molecule has 0 bridgehead atoms. The quantitative estimate of drug-likeness (QED) is 0.145. The molecule has 0 aliphatic rings. The van der Waals surface area contributed by atoms with Crippen LogP contribution in [0, 0.1) is 68.6 Å². The van der Waals surface area contributed by atoms with E-state index in [9.17, 15) is 5.26 Å². The first-order chi connectivity index (χ1) is 33.6. The molecule has 0 fully saturated rings. The largest absolute Gasteiger partial charge is 0.392 e. The maximum atomic E-state index is 9.20. The van der Waals surface area contributed by atoms with E-state index in [-0.39, 0.29) is 24.1 Å². The topological polar surface area (TPSA) is 166 Å². The van der Waals surface area contributed by atoms with Gasteiger partial charge in [0.2, 0.25) is 0 Å². The van der Waals surface area contributed by atoms with Gasteiger partial charge in [-0.15, -0.1) is 56.7 Å². The second-order valence-electron chi connectivity index (χ2n) is 16.4. The lowest BCUT2D eigenvalue weighted by Crippen LogP contribution is -2.15. The van der Waals surface area contributed by atoms with Crippen LogP contribution in [-0.4, -0.2) is 36.2 Å².